The smallest absolute Gasteiger partial charge is 0.308 e. The van der Waals surface area contributed by atoms with Crippen molar-refractivity contribution in [3.63, 3.8) is 0 Å². The zero-order valence-corrected chi connectivity index (χ0v) is 16.6. The van der Waals surface area contributed by atoms with Crippen LogP contribution < -0.4 is 5.32 Å². The predicted molar refractivity (Wildman–Crippen MR) is 108 cm³/mol. The molecular formula is C22H25N3O4. The number of carboxylic acids is 1. The number of aromatic nitrogens is 1. The maximum Gasteiger partial charge on any atom is 0.308 e. The van der Waals surface area contributed by atoms with Crippen LogP contribution in [0.1, 0.15) is 23.2 Å². The molecule has 29 heavy (non-hydrogen) atoms. The zero-order valence-electron chi connectivity index (χ0n) is 16.6. The van der Waals surface area contributed by atoms with Crippen molar-refractivity contribution >= 4 is 23.5 Å². The first-order valence-electron chi connectivity index (χ1n) is 9.62. The van der Waals surface area contributed by atoms with Gasteiger partial charge in [-0.25, -0.2) is 0 Å². The van der Waals surface area contributed by atoms with E-state index in [4.69, 9.17) is 0 Å². The predicted octanol–water partition coefficient (Wildman–Crippen LogP) is 2.43. The molecule has 2 atom stereocenters. The van der Waals surface area contributed by atoms with Crippen molar-refractivity contribution in [2.24, 2.45) is 11.8 Å². The Kier molecular flexibility index (Phi) is 6.26. The minimum atomic E-state index is -0.992. The van der Waals surface area contributed by atoms with E-state index in [0.29, 0.717) is 5.69 Å². The van der Waals surface area contributed by atoms with Crippen LogP contribution in [0.5, 0.6) is 0 Å². The van der Waals surface area contributed by atoms with Crippen LogP contribution in [0, 0.1) is 25.7 Å². The average molecular weight is 395 g/mol. The van der Waals surface area contributed by atoms with E-state index in [1.807, 2.05) is 38.1 Å². The van der Waals surface area contributed by atoms with Crippen molar-refractivity contribution in [1.29, 1.82) is 0 Å². The highest BCUT2D eigenvalue weighted by Gasteiger charge is 2.37. The molecule has 0 aliphatic carbocycles. The number of benzene rings is 1. The molecule has 0 saturated carbocycles. The lowest BCUT2D eigenvalue weighted by molar-refractivity contribution is -0.147. The molecule has 152 valence electrons. The van der Waals surface area contributed by atoms with Crippen LogP contribution in [-0.2, 0) is 20.8 Å². The quantitative estimate of drug-likeness (QED) is 0.810. The number of rotatable bonds is 5. The number of hydrogen-bond acceptors (Lipinski definition) is 4. The molecule has 3 rings (SSSR count). The van der Waals surface area contributed by atoms with Gasteiger partial charge in [-0.05, 0) is 43.5 Å². The lowest BCUT2D eigenvalue weighted by Crippen LogP contribution is -2.49. The van der Waals surface area contributed by atoms with Crippen LogP contribution in [0.15, 0.2) is 42.6 Å². The molecule has 1 saturated heterocycles. The second-order valence-electron chi connectivity index (χ2n) is 7.55. The SMILES string of the molecule is Cc1ccc(NC(=O)[C@@H]2C[C@H](C(=O)O)CN(C(=O)Cc3ccccc3C)C2)cn1. The maximum atomic E-state index is 12.8. The molecule has 1 aromatic heterocycles. The van der Waals surface area contributed by atoms with Gasteiger partial charge < -0.3 is 15.3 Å². The number of nitrogens with one attached hydrogen (secondary N) is 1. The summed E-state index contributed by atoms with van der Waals surface area (Å²) in [6.45, 7) is 4.11. The van der Waals surface area contributed by atoms with E-state index < -0.39 is 17.8 Å². The van der Waals surface area contributed by atoms with Crippen LogP contribution in [0.25, 0.3) is 0 Å². The minimum absolute atomic E-state index is 0.121. The van der Waals surface area contributed by atoms with Crippen molar-refractivity contribution in [3.8, 4) is 0 Å². The highest BCUT2D eigenvalue weighted by atomic mass is 16.4. The van der Waals surface area contributed by atoms with Gasteiger partial charge in [-0.2, -0.15) is 0 Å². The van der Waals surface area contributed by atoms with Crippen LogP contribution in [0.2, 0.25) is 0 Å². The first-order chi connectivity index (χ1) is 13.8. The van der Waals surface area contributed by atoms with Crippen LogP contribution in [0.3, 0.4) is 0 Å². The molecule has 1 aliphatic rings. The lowest BCUT2D eigenvalue weighted by Gasteiger charge is -2.35. The van der Waals surface area contributed by atoms with Crippen molar-refractivity contribution in [1.82, 2.24) is 9.88 Å². The van der Waals surface area contributed by atoms with Gasteiger partial charge in [-0.3, -0.25) is 19.4 Å². The molecule has 2 aromatic rings. The summed E-state index contributed by atoms with van der Waals surface area (Å²) in [6.07, 6.45) is 1.95. The van der Waals surface area contributed by atoms with E-state index in [1.165, 1.54) is 4.90 Å². The van der Waals surface area contributed by atoms with Gasteiger partial charge >= 0.3 is 5.97 Å². The highest BCUT2D eigenvalue weighted by molar-refractivity contribution is 5.93. The van der Waals surface area contributed by atoms with Crippen LogP contribution in [-0.4, -0.2) is 45.9 Å². The second-order valence-corrected chi connectivity index (χ2v) is 7.55. The molecule has 7 nitrogen and oxygen atoms in total. The highest BCUT2D eigenvalue weighted by Crippen LogP contribution is 2.25. The molecule has 2 N–H and O–H groups in total. The molecule has 2 heterocycles. The molecule has 7 heteroatoms. The Labute approximate surface area is 169 Å². The summed E-state index contributed by atoms with van der Waals surface area (Å²) < 4.78 is 0. The molecule has 2 amide bonds. The average Bonchev–Trinajstić information content (AvgIpc) is 2.71. The maximum absolute atomic E-state index is 12.8. The number of amides is 2. The summed E-state index contributed by atoms with van der Waals surface area (Å²) in [6, 6.07) is 11.1. The summed E-state index contributed by atoms with van der Waals surface area (Å²) >= 11 is 0. The first-order valence-corrected chi connectivity index (χ1v) is 9.62. The van der Waals surface area contributed by atoms with Gasteiger partial charge in [-0.1, -0.05) is 24.3 Å². The Morgan fingerprint density at radius 2 is 1.83 bits per heavy atom. The van der Waals surface area contributed by atoms with Crippen LogP contribution in [0.4, 0.5) is 5.69 Å². The van der Waals surface area contributed by atoms with E-state index in [2.05, 4.69) is 10.3 Å². The Balaban J connectivity index is 1.72. The van der Waals surface area contributed by atoms with Crippen molar-refractivity contribution < 1.29 is 19.5 Å². The summed E-state index contributed by atoms with van der Waals surface area (Å²) in [5.41, 5.74) is 3.30. The number of piperidine rings is 1. The fourth-order valence-corrected chi connectivity index (χ4v) is 3.54. The molecule has 1 aliphatic heterocycles. The number of aryl methyl sites for hydroxylation is 2. The monoisotopic (exact) mass is 395 g/mol. The second kappa shape index (κ2) is 8.86. The third-order valence-corrected chi connectivity index (χ3v) is 5.31. The summed E-state index contributed by atoms with van der Waals surface area (Å²) in [4.78, 5) is 42.8. The zero-order chi connectivity index (χ0) is 21.0. The Morgan fingerprint density at radius 3 is 2.48 bits per heavy atom. The molecule has 0 unspecified atom stereocenters. The number of nitrogens with zero attached hydrogens (tertiary/aromatic N) is 2. The Morgan fingerprint density at radius 1 is 1.10 bits per heavy atom. The number of carbonyl (C=O) groups excluding carboxylic acids is 2. The molecule has 1 fully saturated rings. The normalized spacial score (nSPS) is 18.9. The van der Waals surface area contributed by atoms with Gasteiger partial charge in [0.25, 0.3) is 0 Å². The number of carboxylic acid groups (broad SMARTS) is 1. The van der Waals surface area contributed by atoms with E-state index in [-0.39, 0.29) is 37.7 Å². The number of pyridine rings is 1. The van der Waals surface area contributed by atoms with Gasteiger partial charge in [0.05, 0.1) is 30.1 Å². The summed E-state index contributed by atoms with van der Waals surface area (Å²) in [5.74, 6) is -2.81. The van der Waals surface area contributed by atoms with Gasteiger partial charge in [0.1, 0.15) is 0 Å². The molecule has 0 radical (unpaired) electrons. The Bertz CT molecular complexity index is 911. The number of carbonyl (C=O) groups is 3. The fraction of sp³-hybridized carbons (Fsp3) is 0.364. The molecule has 1 aromatic carbocycles. The summed E-state index contributed by atoms with van der Waals surface area (Å²) in [7, 11) is 0. The summed E-state index contributed by atoms with van der Waals surface area (Å²) in [5, 5.41) is 12.3. The number of anilines is 1. The first kappa shape index (κ1) is 20.5. The van der Waals surface area contributed by atoms with Gasteiger partial charge in [0.2, 0.25) is 11.8 Å². The molecule has 0 bridgehead atoms. The lowest BCUT2D eigenvalue weighted by atomic mass is 9.88. The molecular weight excluding hydrogens is 370 g/mol. The topological polar surface area (TPSA) is 99.6 Å². The van der Waals surface area contributed by atoms with E-state index in [0.717, 1.165) is 16.8 Å². The largest absolute Gasteiger partial charge is 0.481 e. The van der Waals surface area contributed by atoms with Crippen LogP contribution >= 0.6 is 0 Å². The van der Waals surface area contributed by atoms with E-state index in [1.54, 1.807) is 18.3 Å². The van der Waals surface area contributed by atoms with E-state index in [9.17, 15) is 19.5 Å². The fourth-order valence-electron chi connectivity index (χ4n) is 3.54. The van der Waals surface area contributed by atoms with E-state index >= 15 is 0 Å². The van der Waals surface area contributed by atoms with Gasteiger partial charge in [0, 0.05) is 18.8 Å². The standard InChI is InChI=1S/C22H25N3O4/c1-14-5-3-4-6-16(14)10-20(26)25-12-17(9-18(13-25)22(28)29)21(27)24-19-8-7-15(2)23-11-19/h3-8,11,17-18H,9-10,12-13H2,1-2H3,(H,24,27)(H,28,29)/t17-,18+/m1/s1. The Hall–Kier alpha value is -3.22. The number of hydrogen-bond donors (Lipinski definition) is 2. The third-order valence-electron chi connectivity index (χ3n) is 5.31. The van der Waals surface area contributed by atoms with Crippen molar-refractivity contribution in [3.05, 3.63) is 59.4 Å². The number of likely N-dealkylation sites (tertiary alicyclic amines) is 1. The minimum Gasteiger partial charge on any atom is -0.481 e. The number of aliphatic carboxylic acids is 1. The van der Waals surface area contributed by atoms with Gasteiger partial charge in [0.15, 0.2) is 0 Å². The van der Waals surface area contributed by atoms with Crippen molar-refractivity contribution in [2.75, 3.05) is 18.4 Å². The third kappa shape index (κ3) is 5.19. The molecule has 0 spiro atoms. The van der Waals surface area contributed by atoms with Crippen molar-refractivity contribution in [2.45, 2.75) is 26.7 Å². The van der Waals surface area contributed by atoms with Gasteiger partial charge in [-0.15, -0.1) is 0 Å².